The molecule has 1 unspecified atom stereocenters. The number of aliphatic hydroxyl groups is 1. The van der Waals surface area contributed by atoms with Crippen LogP contribution in [0.1, 0.15) is 22.8 Å². The molecule has 0 heterocycles. The van der Waals surface area contributed by atoms with Crippen LogP contribution in [0.25, 0.3) is 0 Å². The summed E-state index contributed by atoms with van der Waals surface area (Å²) in [4.78, 5) is 37.0. The van der Waals surface area contributed by atoms with E-state index < -0.39 is 35.3 Å². The largest absolute Gasteiger partial charge is 0.485 e. The van der Waals surface area contributed by atoms with E-state index in [0.717, 1.165) is 11.1 Å². The highest BCUT2D eigenvalue weighted by Gasteiger charge is 2.44. The first-order valence-electron chi connectivity index (χ1n) is 8.78. The van der Waals surface area contributed by atoms with Gasteiger partial charge in [0.05, 0.1) is 25.2 Å². The van der Waals surface area contributed by atoms with Crippen molar-refractivity contribution in [2.24, 2.45) is 5.41 Å². The van der Waals surface area contributed by atoms with E-state index in [2.05, 4.69) is 0 Å². The van der Waals surface area contributed by atoms with Crippen molar-refractivity contribution in [2.45, 2.75) is 20.0 Å². The molecule has 5 N–H and O–H groups in total. The third-order valence-corrected chi connectivity index (χ3v) is 5.11. The molecule has 160 valence electrons. The molecule has 0 saturated carbocycles. The Morgan fingerprint density at radius 2 is 1.41 bits per heavy atom. The Labute approximate surface area is 172 Å². The minimum Gasteiger partial charge on any atom is -0.485 e. The van der Waals surface area contributed by atoms with Gasteiger partial charge in [-0.05, 0) is 37.1 Å². The van der Waals surface area contributed by atoms with Crippen molar-refractivity contribution in [3.8, 4) is 5.75 Å². The van der Waals surface area contributed by atoms with E-state index in [1.54, 1.807) is 12.1 Å². The molecule has 29 heavy (non-hydrogen) atoms. The summed E-state index contributed by atoms with van der Waals surface area (Å²) >= 11 is 0. The smallest absolute Gasteiger partial charge is 0.327 e. The van der Waals surface area contributed by atoms with Gasteiger partial charge in [0.1, 0.15) is 11.9 Å². The quantitative estimate of drug-likeness (QED) is 0.335. The van der Waals surface area contributed by atoms with Crippen LogP contribution in [-0.4, -0.2) is 44.5 Å². The summed E-state index contributed by atoms with van der Waals surface area (Å²) in [6.07, 6.45) is -0.848. The summed E-state index contributed by atoms with van der Waals surface area (Å²) in [6.45, 7) is 2.58. The SMILES string of the molecule is Cc1cccc(OC(c2cccc(C)c2)C(CO)(COP(O)O)COP(O)O)c1. The average Bonchev–Trinajstić information content (AvgIpc) is 2.67. The summed E-state index contributed by atoms with van der Waals surface area (Å²) in [5.74, 6) is 0.528. The predicted octanol–water partition coefficient (Wildman–Crippen LogP) is 2.86. The van der Waals surface area contributed by atoms with Gasteiger partial charge in [0.25, 0.3) is 0 Å². The lowest BCUT2D eigenvalue weighted by atomic mass is 9.80. The second-order valence-electron chi connectivity index (χ2n) is 6.80. The second kappa shape index (κ2) is 11.3. The Balaban J connectivity index is 2.51. The fourth-order valence-corrected chi connectivity index (χ4v) is 3.69. The highest BCUT2D eigenvalue weighted by Crippen LogP contribution is 2.43. The zero-order valence-corrected chi connectivity index (χ0v) is 18.0. The molecular formula is C19H26O8P2. The maximum absolute atomic E-state index is 10.3. The van der Waals surface area contributed by atoms with Gasteiger partial charge in [-0.3, -0.25) is 0 Å². The molecule has 8 nitrogen and oxygen atoms in total. The lowest BCUT2D eigenvalue weighted by Gasteiger charge is -2.39. The zero-order chi connectivity index (χ0) is 21.4. The fourth-order valence-electron chi connectivity index (χ4n) is 2.94. The average molecular weight is 444 g/mol. The van der Waals surface area contributed by atoms with Crippen molar-refractivity contribution in [2.75, 3.05) is 19.8 Å². The fraction of sp³-hybridized carbons (Fsp3) is 0.368. The number of benzene rings is 2. The van der Waals surface area contributed by atoms with E-state index in [4.69, 9.17) is 13.8 Å². The normalized spacial score (nSPS) is 13.1. The molecule has 0 aromatic heterocycles. The summed E-state index contributed by atoms with van der Waals surface area (Å²) < 4.78 is 16.3. The molecule has 0 aliphatic carbocycles. The second-order valence-corrected chi connectivity index (χ2v) is 8.33. The number of hydrogen-bond acceptors (Lipinski definition) is 8. The van der Waals surface area contributed by atoms with Gasteiger partial charge in [0.2, 0.25) is 0 Å². The molecule has 0 aliphatic heterocycles. The van der Waals surface area contributed by atoms with Crippen molar-refractivity contribution >= 4 is 17.2 Å². The number of hydrogen-bond donors (Lipinski definition) is 5. The molecule has 0 amide bonds. The Morgan fingerprint density at radius 1 is 0.862 bits per heavy atom. The van der Waals surface area contributed by atoms with Crippen LogP contribution in [0.4, 0.5) is 0 Å². The molecule has 0 fully saturated rings. The van der Waals surface area contributed by atoms with Crippen molar-refractivity contribution in [1.82, 2.24) is 0 Å². The standard InChI is InChI=1S/C19H26O8P2/c1-14-5-3-7-16(9-14)18(27-17-8-4-6-15(2)10-17)19(11-20,12-25-28(21)22)13-26-29(23)24/h3-10,18,20-24H,11-13H2,1-2H3. The molecule has 0 aliphatic rings. The van der Waals surface area contributed by atoms with Gasteiger partial charge >= 0.3 is 17.2 Å². The summed E-state index contributed by atoms with van der Waals surface area (Å²) in [6, 6.07) is 14.7. The van der Waals surface area contributed by atoms with E-state index in [-0.39, 0.29) is 13.2 Å². The van der Waals surface area contributed by atoms with Crippen LogP contribution < -0.4 is 4.74 Å². The summed E-state index contributed by atoms with van der Waals surface area (Å²) in [5, 5.41) is 10.3. The van der Waals surface area contributed by atoms with Gasteiger partial charge in [-0.25, -0.2) is 0 Å². The van der Waals surface area contributed by atoms with Crippen molar-refractivity contribution < 1.29 is 38.5 Å². The minimum atomic E-state index is -2.70. The molecule has 0 radical (unpaired) electrons. The maximum atomic E-state index is 10.3. The number of ether oxygens (including phenoxy) is 1. The minimum absolute atomic E-state index is 0.351. The van der Waals surface area contributed by atoms with Crippen LogP contribution in [0.15, 0.2) is 48.5 Å². The Kier molecular flexibility index (Phi) is 9.37. The summed E-state index contributed by atoms with van der Waals surface area (Å²) in [5.41, 5.74) is 1.26. The molecule has 2 rings (SSSR count). The number of aryl methyl sites for hydroxylation is 2. The molecule has 1 atom stereocenters. The van der Waals surface area contributed by atoms with E-state index in [9.17, 15) is 24.7 Å². The molecule has 0 bridgehead atoms. The first kappa shape index (κ1) is 24.1. The lowest BCUT2D eigenvalue weighted by Crippen LogP contribution is -2.43. The molecule has 2 aromatic rings. The highest BCUT2D eigenvalue weighted by molar-refractivity contribution is 7.39. The maximum Gasteiger partial charge on any atom is 0.327 e. The van der Waals surface area contributed by atoms with Crippen LogP contribution in [0.3, 0.4) is 0 Å². The van der Waals surface area contributed by atoms with Crippen LogP contribution in [-0.2, 0) is 9.05 Å². The lowest BCUT2D eigenvalue weighted by molar-refractivity contribution is -0.0654. The Hall–Kier alpha value is -1.18. The van der Waals surface area contributed by atoms with Crippen LogP contribution in [0.2, 0.25) is 0 Å². The predicted molar refractivity (Wildman–Crippen MR) is 110 cm³/mol. The van der Waals surface area contributed by atoms with Crippen molar-refractivity contribution in [3.63, 3.8) is 0 Å². The van der Waals surface area contributed by atoms with E-state index in [0.29, 0.717) is 11.3 Å². The Morgan fingerprint density at radius 3 is 1.90 bits per heavy atom. The van der Waals surface area contributed by atoms with Gasteiger partial charge < -0.3 is 38.5 Å². The molecule has 10 heteroatoms. The molecule has 2 aromatic carbocycles. The first-order valence-corrected chi connectivity index (χ1v) is 11.1. The monoisotopic (exact) mass is 444 g/mol. The van der Waals surface area contributed by atoms with Gasteiger partial charge in [-0.15, -0.1) is 0 Å². The van der Waals surface area contributed by atoms with E-state index in [1.165, 1.54) is 0 Å². The van der Waals surface area contributed by atoms with E-state index >= 15 is 0 Å². The van der Waals surface area contributed by atoms with E-state index in [1.807, 2.05) is 50.2 Å². The van der Waals surface area contributed by atoms with Crippen molar-refractivity contribution in [3.05, 3.63) is 65.2 Å². The number of aliphatic hydroxyl groups excluding tert-OH is 1. The van der Waals surface area contributed by atoms with Crippen LogP contribution >= 0.6 is 17.2 Å². The van der Waals surface area contributed by atoms with Crippen molar-refractivity contribution in [1.29, 1.82) is 0 Å². The third-order valence-electron chi connectivity index (χ3n) is 4.39. The topological polar surface area (TPSA) is 129 Å². The number of rotatable bonds is 11. The first-order chi connectivity index (χ1) is 13.8. The van der Waals surface area contributed by atoms with Crippen LogP contribution in [0, 0.1) is 19.3 Å². The van der Waals surface area contributed by atoms with Gasteiger partial charge in [-0.1, -0.05) is 42.0 Å². The van der Waals surface area contributed by atoms with Gasteiger partial charge in [0, 0.05) is 0 Å². The Bertz CT molecular complexity index is 759. The zero-order valence-electron chi connectivity index (χ0n) is 16.2. The van der Waals surface area contributed by atoms with Gasteiger partial charge in [0.15, 0.2) is 0 Å². The summed E-state index contributed by atoms with van der Waals surface area (Å²) in [7, 11) is -5.41. The molecule has 0 saturated heterocycles. The third kappa shape index (κ3) is 7.23. The van der Waals surface area contributed by atoms with Crippen LogP contribution in [0.5, 0.6) is 5.75 Å². The molecule has 0 spiro atoms. The highest BCUT2D eigenvalue weighted by atomic mass is 31.2. The van der Waals surface area contributed by atoms with Gasteiger partial charge in [-0.2, -0.15) is 0 Å². The molecular weight excluding hydrogens is 418 g/mol.